The van der Waals surface area contributed by atoms with Crippen LogP contribution in [0.3, 0.4) is 0 Å². The van der Waals surface area contributed by atoms with Crippen molar-refractivity contribution in [1.82, 2.24) is 0 Å². The van der Waals surface area contributed by atoms with Crippen molar-refractivity contribution >= 4 is 28.9 Å². The molecule has 10 nitrogen and oxygen atoms in total. The molecule has 6 aromatic carbocycles. The third-order valence-corrected chi connectivity index (χ3v) is 8.68. The second-order valence-corrected chi connectivity index (χ2v) is 13.0. The van der Waals surface area contributed by atoms with Gasteiger partial charge in [-0.05, 0) is 125 Å². The molecule has 0 radical (unpaired) electrons. The molecule has 0 aliphatic rings. The maximum Gasteiger partial charge on any atom is 0.159 e. The van der Waals surface area contributed by atoms with E-state index in [1.807, 2.05) is 156 Å². The summed E-state index contributed by atoms with van der Waals surface area (Å²) in [6.07, 6.45) is 0. The quantitative estimate of drug-likeness (QED) is 0.116. The van der Waals surface area contributed by atoms with Crippen LogP contribution in [-0.2, 0) is 0 Å². The van der Waals surface area contributed by atoms with Gasteiger partial charge >= 0.3 is 0 Å². The molecule has 0 atom stereocenters. The van der Waals surface area contributed by atoms with Crippen LogP contribution in [0.1, 0.15) is 169 Å². The molecule has 6 rings (SSSR count). The van der Waals surface area contributed by atoms with Crippen molar-refractivity contribution in [2.45, 2.75) is 118 Å². The number of rotatable bonds is 11. The van der Waals surface area contributed by atoms with Crippen LogP contribution in [0.4, 0.5) is 0 Å². The van der Waals surface area contributed by atoms with Crippen molar-refractivity contribution in [2.75, 3.05) is 35.5 Å². The lowest BCUT2D eigenvalue weighted by atomic mass is 10.1. The summed E-state index contributed by atoms with van der Waals surface area (Å²) in [4.78, 5) is 54.3. The monoisotopic (exact) mass is 1010 g/mol. The largest absolute Gasteiger partial charge is 0.497 e. The van der Waals surface area contributed by atoms with Gasteiger partial charge in [-0.1, -0.05) is 150 Å². The fourth-order valence-electron chi connectivity index (χ4n) is 5.00. The summed E-state index contributed by atoms with van der Waals surface area (Å²) in [6.45, 7) is 31.5. The second-order valence-electron chi connectivity index (χ2n) is 13.0. The zero-order valence-corrected chi connectivity index (χ0v) is 48.4. The highest BCUT2D eigenvalue weighted by molar-refractivity contribution is 5.99. The van der Waals surface area contributed by atoms with Gasteiger partial charge in [0, 0.05) is 27.8 Å². The number of hydrogen-bond donors (Lipinski definition) is 0. The van der Waals surface area contributed by atoms with Crippen LogP contribution < -0.4 is 23.7 Å². The molecule has 0 saturated carbocycles. The number of ether oxygens (including phenoxy) is 5. The summed E-state index contributed by atoms with van der Waals surface area (Å²) in [7, 11) is 8.22. The molecule has 10 heteroatoms. The Morgan fingerprint density at radius 3 is 0.589 bits per heavy atom. The van der Waals surface area contributed by atoms with Crippen molar-refractivity contribution in [2.24, 2.45) is 0 Å². The Balaban J connectivity index is -0.000000252. The molecule has 0 unspecified atom stereocenters. The van der Waals surface area contributed by atoms with Crippen LogP contribution in [0.2, 0.25) is 0 Å². The summed E-state index contributed by atoms with van der Waals surface area (Å²) in [6, 6.07) is 43.9. The van der Waals surface area contributed by atoms with Crippen LogP contribution in [0.25, 0.3) is 11.1 Å². The molecule has 0 aromatic heterocycles. The molecule has 0 fully saturated rings. The molecule has 0 amide bonds. The minimum atomic E-state index is -0.0156. The van der Waals surface area contributed by atoms with Gasteiger partial charge in [0.1, 0.15) is 28.7 Å². The number of benzene rings is 6. The Hall–Kier alpha value is -7.33. The molecule has 0 N–H and O–H groups in total. The lowest BCUT2D eigenvalue weighted by molar-refractivity contribution is 0.100. The number of methoxy groups -OCH3 is 5. The lowest BCUT2D eigenvalue weighted by Gasteiger charge is -2.05. The van der Waals surface area contributed by atoms with Gasteiger partial charge in [0.25, 0.3) is 0 Å². The first-order chi connectivity index (χ1) is 35.1. The van der Waals surface area contributed by atoms with E-state index < -0.39 is 0 Å². The number of carbonyl (C=O) groups is 5. The van der Waals surface area contributed by atoms with E-state index in [1.54, 1.807) is 115 Å². The molecule has 0 bridgehead atoms. The third-order valence-electron chi connectivity index (χ3n) is 8.68. The smallest absolute Gasteiger partial charge is 0.159 e. The topological polar surface area (TPSA) is 132 Å². The molecule has 0 heterocycles. The van der Waals surface area contributed by atoms with Gasteiger partial charge < -0.3 is 23.7 Å². The van der Waals surface area contributed by atoms with Crippen molar-refractivity contribution < 1.29 is 47.7 Å². The van der Waals surface area contributed by atoms with Gasteiger partial charge in [-0.25, -0.2) is 0 Å². The molecule has 0 saturated heterocycles. The van der Waals surface area contributed by atoms with Gasteiger partial charge in [-0.15, -0.1) is 0 Å². The van der Waals surface area contributed by atoms with Crippen molar-refractivity contribution in [3.05, 3.63) is 173 Å². The first-order valence-corrected chi connectivity index (χ1v) is 25.0. The molecule has 0 aliphatic heterocycles. The number of ketones is 5. The lowest BCUT2D eigenvalue weighted by Crippen LogP contribution is -1.96. The Morgan fingerprint density at radius 2 is 0.411 bits per heavy atom. The summed E-state index contributed by atoms with van der Waals surface area (Å²) in [5, 5.41) is 0. The second kappa shape index (κ2) is 49.6. The van der Waals surface area contributed by atoms with Crippen molar-refractivity contribution in [1.29, 1.82) is 0 Å². The minimum Gasteiger partial charge on any atom is -0.497 e. The Labute approximate surface area is 441 Å². The fraction of sp³-hybridized carbons (Fsp3) is 0.349. The number of carbonyl (C=O) groups excluding carboxylic acids is 5. The third kappa shape index (κ3) is 33.8. The zero-order chi connectivity index (χ0) is 57.3. The standard InChI is InChI=1S/C14H14O2.2C10H10O2.C9H10O2.C8H10O2.6C2H6/c1-15-13-7-3-11(4-8-13)12-5-9-14(16-2)10-6-12;1-7(11)9-3-5-10(6-4-9)8(2)12;1-7(11)9-4-3-5-10(6-9)8(2)12;1-7(10)8-3-5-9(11-2)6-4-8;1-9-7-3-5-8(10-2)6-4-7;6*1-2/h3-10H,1-2H3;2*3-6H,1-2H3;3-6H,1-2H3;3-6H,1-2H3;6*1-2H3. The van der Waals surface area contributed by atoms with Crippen LogP contribution >= 0.6 is 0 Å². The average Bonchev–Trinajstić information content (AvgIpc) is 3.47. The SMILES string of the molecule is CC.CC.CC.CC.CC.CC.CC(=O)c1ccc(C(C)=O)cc1.CC(=O)c1cccc(C(C)=O)c1.COc1ccc(-c2ccc(OC)cc2)cc1.COc1ccc(C(C)=O)cc1.COc1ccc(OC)cc1. The highest BCUT2D eigenvalue weighted by atomic mass is 16.5. The average molecular weight is 1010 g/mol. The van der Waals surface area contributed by atoms with E-state index in [4.69, 9.17) is 23.7 Å². The van der Waals surface area contributed by atoms with Gasteiger partial charge in [0.2, 0.25) is 0 Å². The van der Waals surface area contributed by atoms with Gasteiger partial charge in [0.05, 0.1) is 35.5 Å². The van der Waals surface area contributed by atoms with E-state index >= 15 is 0 Å². The summed E-state index contributed by atoms with van der Waals surface area (Å²) in [5.41, 5.74) is 5.50. The predicted octanol–water partition coefficient (Wildman–Crippen LogP) is 17.3. The Morgan fingerprint density at radius 1 is 0.247 bits per heavy atom. The maximum absolute atomic E-state index is 10.9. The van der Waals surface area contributed by atoms with E-state index in [1.165, 1.54) is 38.8 Å². The fourth-order valence-corrected chi connectivity index (χ4v) is 5.00. The van der Waals surface area contributed by atoms with E-state index in [9.17, 15) is 24.0 Å². The highest BCUT2D eigenvalue weighted by Gasteiger charge is 2.04. The van der Waals surface area contributed by atoms with Crippen LogP contribution in [0, 0.1) is 0 Å². The maximum atomic E-state index is 10.9. The number of Topliss-reactive ketones (excluding diaryl/α,β-unsaturated/α-hetero) is 5. The van der Waals surface area contributed by atoms with E-state index in [0.29, 0.717) is 27.8 Å². The van der Waals surface area contributed by atoms with Gasteiger partial charge in [-0.2, -0.15) is 0 Å². The zero-order valence-electron chi connectivity index (χ0n) is 48.4. The van der Waals surface area contributed by atoms with Crippen LogP contribution in [-0.4, -0.2) is 64.5 Å². The molecule has 73 heavy (non-hydrogen) atoms. The minimum absolute atomic E-state index is 0.0156. The molecule has 6 aromatic rings. The van der Waals surface area contributed by atoms with E-state index in [-0.39, 0.29) is 28.9 Å². The van der Waals surface area contributed by atoms with Crippen molar-refractivity contribution in [3.8, 4) is 39.9 Å². The summed E-state index contributed by atoms with van der Waals surface area (Å²) in [5.74, 6) is 4.30. The number of hydrogen-bond acceptors (Lipinski definition) is 10. The van der Waals surface area contributed by atoms with Crippen molar-refractivity contribution in [3.63, 3.8) is 0 Å². The molecule has 0 aliphatic carbocycles. The summed E-state index contributed by atoms with van der Waals surface area (Å²) >= 11 is 0. The normalized spacial score (nSPS) is 8.41. The summed E-state index contributed by atoms with van der Waals surface area (Å²) < 4.78 is 25.1. The first-order valence-electron chi connectivity index (χ1n) is 25.0. The molecule has 0 spiro atoms. The molecular formula is C63H90O10. The molecular weight excluding hydrogens is 917 g/mol. The van der Waals surface area contributed by atoms with Gasteiger partial charge in [0.15, 0.2) is 28.9 Å². The van der Waals surface area contributed by atoms with Gasteiger partial charge in [-0.3, -0.25) is 24.0 Å². The highest BCUT2D eigenvalue weighted by Crippen LogP contribution is 2.24. The Bertz CT molecular complexity index is 2150. The van der Waals surface area contributed by atoms with E-state index in [0.717, 1.165) is 28.7 Å². The Kier molecular flexibility index (Phi) is 50.7. The first kappa shape index (κ1) is 74.6. The predicted molar refractivity (Wildman–Crippen MR) is 309 cm³/mol. The molecule has 402 valence electrons. The van der Waals surface area contributed by atoms with Crippen LogP contribution in [0.15, 0.2) is 146 Å². The van der Waals surface area contributed by atoms with E-state index in [2.05, 4.69) is 0 Å². The van der Waals surface area contributed by atoms with Crippen LogP contribution in [0.5, 0.6) is 28.7 Å².